The van der Waals surface area contributed by atoms with Crippen LogP contribution in [0.3, 0.4) is 0 Å². The van der Waals surface area contributed by atoms with Crippen molar-refractivity contribution in [2.45, 2.75) is 51.4 Å². The molecule has 0 heterocycles. The van der Waals surface area contributed by atoms with Crippen LogP contribution in [0, 0.1) is 23.7 Å². The van der Waals surface area contributed by atoms with E-state index >= 15 is 0 Å². The highest BCUT2D eigenvalue weighted by Gasteiger charge is 2.43. The second-order valence-electron chi connectivity index (χ2n) is 6.71. The fraction of sp³-hybridized carbons (Fsp3) is 0.667. The highest BCUT2D eigenvalue weighted by Crippen LogP contribution is 2.54. The molecule has 0 bridgehead atoms. The molecule has 0 N–H and O–H groups in total. The zero-order chi connectivity index (χ0) is 11.9. The molecule has 0 saturated heterocycles. The van der Waals surface area contributed by atoms with Crippen molar-refractivity contribution in [3.05, 3.63) is 35.5 Å². The summed E-state index contributed by atoms with van der Waals surface area (Å²) in [6, 6.07) is 0. The van der Waals surface area contributed by atoms with Gasteiger partial charge in [0.15, 0.2) is 0 Å². The molecule has 18 heavy (non-hydrogen) atoms. The summed E-state index contributed by atoms with van der Waals surface area (Å²) in [6.07, 6.45) is 21.3. The first-order valence-electron chi connectivity index (χ1n) is 8.03. The normalized spacial score (nSPS) is 42.2. The maximum atomic E-state index is 2.51. The van der Waals surface area contributed by atoms with Gasteiger partial charge in [0, 0.05) is 5.92 Å². The second-order valence-corrected chi connectivity index (χ2v) is 6.71. The smallest absolute Gasteiger partial charge is 0.00518 e. The first kappa shape index (κ1) is 11.1. The van der Waals surface area contributed by atoms with Gasteiger partial charge in [-0.05, 0) is 55.4 Å². The van der Waals surface area contributed by atoms with Crippen LogP contribution in [-0.4, -0.2) is 0 Å². The van der Waals surface area contributed by atoms with Gasteiger partial charge in [-0.15, -0.1) is 0 Å². The highest BCUT2D eigenvalue weighted by atomic mass is 14.5. The largest absolute Gasteiger partial charge is 0.0767 e. The first-order valence-corrected chi connectivity index (χ1v) is 8.03. The molecule has 0 heteroatoms. The predicted octanol–water partition coefficient (Wildman–Crippen LogP) is 5.04. The van der Waals surface area contributed by atoms with Crippen LogP contribution in [0.15, 0.2) is 35.5 Å². The first-order chi connectivity index (χ1) is 8.95. The molecule has 0 aromatic heterocycles. The van der Waals surface area contributed by atoms with Crippen molar-refractivity contribution < 1.29 is 0 Å². The summed E-state index contributed by atoms with van der Waals surface area (Å²) in [4.78, 5) is 0. The number of hydrogen-bond donors (Lipinski definition) is 0. The average molecular weight is 240 g/mol. The molecule has 2 fully saturated rings. The van der Waals surface area contributed by atoms with Crippen LogP contribution in [0.1, 0.15) is 51.4 Å². The number of rotatable bonds is 0. The molecule has 4 aliphatic carbocycles. The van der Waals surface area contributed by atoms with Crippen LogP contribution < -0.4 is 0 Å². The number of fused-ring (bicyclic) bond motifs is 5. The summed E-state index contributed by atoms with van der Waals surface area (Å²) in [7, 11) is 0. The minimum Gasteiger partial charge on any atom is -0.0767 e. The SMILES string of the molecule is C1=CC2=C3CCCCC3C3CCCCC3C2C=C1. The van der Waals surface area contributed by atoms with E-state index in [0.29, 0.717) is 0 Å². The standard InChI is InChI=1S/C18H24/c1-2-8-14-13(7-1)15-9-3-4-11-17(15)18-12-6-5-10-16(14)18/h1-2,7-8,13,15,17-18H,3-6,9-12H2. The third-order valence-corrected chi connectivity index (χ3v) is 5.95. The minimum atomic E-state index is 0.782. The molecule has 4 aliphatic rings. The zero-order valence-corrected chi connectivity index (χ0v) is 11.3. The van der Waals surface area contributed by atoms with E-state index in [1.165, 1.54) is 51.4 Å². The number of allylic oxidation sites excluding steroid dienone is 6. The molecule has 4 unspecified atom stereocenters. The van der Waals surface area contributed by atoms with E-state index in [1.54, 1.807) is 5.57 Å². The fourth-order valence-corrected chi connectivity index (χ4v) is 5.26. The number of hydrogen-bond acceptors (Lipinski definition) is 0. The van der Waals surface area contributed by atoms with Gasteiger partial charge in [-0.2, -0.15) is 0 Å². The molecular formula is C18H24. The van der Waals surface area contributed by atoms with Gasteiger partial charge in [0.1, 0.15) is 0 Å². The lowest BCUT2D eigenvalue weighted by molar-refractivity contribution is 0.119. The molecule has 0 aliphatic heterocycles. The van der Waals surface area contributed by atoms with E-state index in [9.17, 15) is 0 Å². The van der Waals surface area contributed by atoms with Crippen molar-refractivity contribution in [2.75, 3.05) is 0 Å². The predicted molar refractivity (Wildman–Crippen MR) is 76.2 cm³/mol. The van der Waals surface area contributed by atoms with E-state index in [4.69, 9.17) is 0 Å². The van der Waals surface area contributed by atoms with Crippen molar-refractivity contribution in [1.82, 2.24) is 0 Å². The molecule has 0 nitrogen and oxygen atoms in total. The van der Waals surface area contributed by atoms with E-state index in [1.807, 2.05) is 5.57 Å². The summed E-state index contributed by atoms with van der Waals surface area (Å²) in [5.74, 6) is 3.75. The van der Waals surface area contributed by atoms with Crippen LogP contribution in [0.25, 0.3) is 0 Å². The Morgan fingerprint density at radius 2 is 1.67 bits per heavy atom. The van der Waals surface area contributed by atoms with Gasteiger partial charge in [-0.3, -0.25) is 0 Å². The molecule has 96 valence electrons. The Kier molecular flexibility index (Phi) is 2.71. The summed E-state index contributed by atoms with van der Waals surface area (Å²) in [5, 5.41) is 0. The fourth-order valence-electron chi connectivity index (χ4n) is 5.26. The molecule has 2 saturated carbocycles. The third kappa shape index (κ3) is 1.57. The lowest BCUT2D eigenvalue weighted by atomic mass is 9.56. The van der Waals surface area contributed by atoms with E-state index in [-0.39, 0.29) is 0 Å². The van der Waals surface area contributed by atoms with Gasteiger partial charge < -0.3 is 0 Å². The molecule has 0 aromatic rings. The Bertz CT molecular complexity index is 423. The minimum absolute atomic E-state index is 0.782. The monoisotopic (exact) mass is 240 g/mol. The second kappa shape index (κ2) is 4.40. The van der Waals surface area contributed by atoms with Crippen molar-refractivity contribution >= 4 is 0 Å². The Morgan fingerprint density at radius 3 is 2.61 bits per heavy atom. The highest BCUT2D eigenvalue weighted by molar-refractivity contribution is 5.41. The van der Waals surface area contributed by atoms with Gasteiger partial charge in [0.25, 0.3) is 0 Å². The van der Waals surface area contributed by atoms with Crippen molar-refractivity contribution in [3.63, 3.8) is 0 Å². The molecule has 0 radical (unpaired) electrons. The van der Waals surface area contributed by atoms with E-state index < -0.39 is 0 Å². The average Bonchev–Trinajstić information content (AvgIpc) is 2.48. The lowest BCUT2D eigenvalue weighted by Crippen LogP contribution is -2.39. The van der Waals surface area contributed by atoms with E-state index in [2.05, 4.69) is 24.3 Å². The molecule has 4 rings (SSSR count). The Labute approximate surface area is 111 Å². The van der Waals surface area contributed by atoms with Crippen LogP contribution >= 0.6 is 0 Å². The molecule has 4 atom stereocenters. The third-order valence-electron chi connectivity index (χ3n) is 5.95. The van der Waals surface area contributed by atoms with E-state index in [0.717, 1.165) is 23.7 Å². The van der Waals surface area contributed by atoms with Gasteiger partial charge in [0.05, 0.1) is 0 Å². The van der Waals surface area contributed by atoms with Gasteiger partial charge >= 0.3 is 0 Å². The van der Waals surface area contributed by atoms with Crippen LogP contribution in [-0.2, 0) is 0 Å². The Morgan fingerprint density at radius 1 is 0.833 bits per heavy atom. The molecular weight excluding hydrogens is 216 g/mol. The maximum Gasteiger partial charge on any atom is 0.00518 e. The van der Waals surface area contributed by atoms with Crippen molar-refractivity contribution in [3.8, 4) is 0 Å². The Balaban J connectivity index is 1.80. The van der Waals surface area contributed by atoms with Crippen LogP contribution in [0.4, 0.5) is 0 Å². The summed E-state index contributed by atoms with van der Waals surface area (Å²) in [6.45, 7) is 0. The van der Waals surface area contributed by atoms with Crippen molar-refractivity contribution in [2.24, 2.45) is 23.7 Å². The summed E-state index contributed by atoms with van der Waals surface area (Å²) in [5.41, 5.74) is 3.61. The van der Waals surface area contributed by atoms with Gasteiger partial charge in [0.2, 0.25) is 0 Å². The zero-order valence-electron chi connectivity index (χ0n) is 11.3. The van der Waals surface area contributed by atoms with Gasteiger partial charge in [-0.1, -0.05) is 49.1 Å². The van der Waals surface area contributed by atoms with Gasteiger partial charge in [-0.25, -0.2) is 0 Å². The topological polar surface area (TPSA) is 0 Å². The van der Waals surface area contributed by atoms with Crippen LogP contribution in [0.2, 0.25) is 0 Å². The molecule has 0 amide bonds. The molecule has 0 spiro atoms. The molecule has 0 aromatic carbocycles. The quantitative estimate of drug-likeness (QED) is 0.556. The summed E-state index contributed by atoms with van der Waals surface area (Å²) < 4.78 is 0. The Hall–Kier alpha value is -0.780. The maximum absolute atomic E-state index is 2.51. The van der Waals surface area contributed by atoms with Crippen molar-refractivity contribution in [1.29, 1.82) is 0 Å². The summed E-state index contributed by atoms with van der Waals surface area (Å²) >= 11 is 0. The van der Waals surface area contributed by atoms with Crippen LogP contribution in [0.5, 0.6) is 0 Å². The lowest BCUT2D eigenvalue weighted by Gasteiger charge is -2.49.